The highest BCUT2D eigenvalue weighted by Crippen LogP contribution is 2.13. The van der Waals surface area contributed by atoms with Gasteiger partial charge in [0.2, 0.25) is 0 Å². The van der Waals surface area contributed by atoms with Crippen LogP contribution in [0.2, 0.25) is 0 Å². The van der Waals surface area contributed by atoms with Gasteiger partial charge in [-0.1, -0.05) is 36.4 Å². The number of aryl methyl sites for hydroxylation is 1. The zero-order chi connectivity index (χ0) is 20.6. The Labute approximate surface area is 197 Å². The molecule has 0 bridgehead atoms. The van der Waals surface area contributed by atoms with Gasteiger partial charge in [0.05, 0.1) is 6.04 Å². The monoisotopic (exact) mass is 523 g/mol. The van der Waals surface area contributed by atoms with Crippen molar-refractivity contribution in [3.8, 4) is 0 Å². The van der Waals surface area contributed by atoms with Crippen molar-refractivity contribution in [2.75, 3.05) is 19.6 Å². The summed E-state index contributed by atoms with van der Waals surface area (Å²) in [6.07, 6.45) is 4.17. The number of hydrogen-bond donors (Lipinski definition) is 2. The first kappa shape index (κ1) is 24.3. The van der Waals surface area contributed by atoms with Gasteiger partial charge in [0.15, 0.2) is 11.8 Å². The van der Waals surface area contributed by atoms with E-state index in [1.54, 1.807) is 0 Å². The first-order chi connectivity index (χ1) is 14.1. The number of nitrogens with zero attached hydrogens (tertiary/aromatic N) is 5. The number of aromatic nitrogens is 3. The first-order valence-electron chi connectivity index (χ1n) is 10.4. The van der Waals surface area contributed by atoms with Gasteiger partial charge in [-0.15, -0.1) is 40.8 Å². The second-order valence-corrected chi connectivity index (χ2v) is 7.67. The number of likely N-dealkylation sites (tertiary alicyclic amines) is 1. The molecule has 1 unspecified atom stereocenters. The summed E-state index contributed by atoms with van der Waals surface area (Å²) >= 11 is 0. The Balaban J connectivity index is 0.00000320. The van der Waals surface area contributed by atoms with Gasteiger partial charge in [-0.2, -0.15) is 0 Å². The molecule has 0 radical (unpaired) electrons. The molecule has 1 aromatic heterocycles. The molecule has 0 amide bonds. The van der Waals surface area contributed by atoms with Gasteiger partial charge in [-0.25, -0.2) is 4.99 Å². The van der Waals surface area contributed by atoms with Crippen molar-refractivity contribution in [2.24, 2.45) is 12.0 Å². The standard InChI is InChI=1S/C22H33N7.HI/c1-5-13-29-14-11-20(12-15-29)25-22(23-16-21-27-26-18(3)28(21)4)24-17(2)19-9-7-6-8-10-19;/h5-10,17,20H,1,11-16H2,2-4H3,(H2,23,24,25);1H. The Morgan fingerprint density at radius 2 is 1.97 bits per heavy atom. The van der Waals surface area contributed by atoms with Crippen LogP contribution in [0.15, 0.2) is 48.0 Å². The summed E-state index contributed by atoms with van der Waals surface area (Å²) in [4.78, 5) is 7.26. The summed E-state index contributed by atoms with van der Waals surface area (Å²) in [5.74, 6) is 2.57. The summed E-state index contributed by atoms with van der Waals surface area (Å²) < 4.78 is 1.98. The van der Waals surface area contributed by atoms with E-state index in [0.29, 0.717) is 12.6 Å². The van der Waals surface area contributed by atoms with Gasteiger partial charge in [0.25, 0.3) is 0 Å². The normalized spacial score (nSPS) is 16.6. The average Bonchev–Trinajstić information content (AvgIpc) is 3.06. The highest BCUT2D eigenvalue weighted by Gasteiger charge is 2.20. The quantitative estimate of drug-likeness (QED) is 0.253. The van der Waals surface area contributed by atoms with E-state index in [1.165, 1.54) is 5.56 Å². The summed E-state index contributed by atoms with van der Waals surface area (Å²) in [6.45, 7) is 11.6. The van der Waals surface area contributed by atoms with Crippen LogP contribution >= 0.6 is 24.0 Å². The molecule has 164 valence electrons. The molecular formula is C22H34IN7. The van der Waals surface area contributed by atoms with Crippen LogP contribution in [0.4, 0.5) is 0 Å². The van der Waals surface area contributed by atoms with E-state index in [4.69, 9.17) is 4.99 Å². The van der Waals surface area contributed by atoms with E-state index in [2.05, 4.69) is 63.5 Å². The molecule has 0 aliphatic carbocycles. The van der Waals surface area contributed by atoms with Gasteiger partial charge in [-0.05, 0) is 32.3 Å². The second kappa shape index (κ2) is 12.0. The summed E-state index contributed by atoms with van der Waals surface area (Å²) in [6, 6.07) is 11.0. The van der Waals surface area contributed by atoms with Crippen molar-refractivity contribution in [1.82, 2.24) is 30.3 Å². The molecule has 30 heavy (non-hydrogen) atoms. The lowest BCUT2D eigenvalue weighted by Gasteiger charge is -2.33. The Kier molecular flexibility index (Phi) is 9.77. The van der Waals surface area contributed by atoms with Gasteiger partial charge in [-0.3, -0.25) is 4.90 Å². The van der Waals surface area contributed by atoms with E-state index < -0.39 is 0 Å². The summed E-state index contributed by atoms with van der Waals surface area (Å²) in [7, 11) is 1.97. The average molecular weight is 523 g/mol. The van der Waals surface area contributed by atoms with E-state index >= 15 is 0 Å². The zero-order valence-corrected chi connectivity index (χ0v) is 20.5. The highest BCUT2D eigenvalue weighted by atomic mass is 127. The van der Waals surface area contributed by atoms with Crippen LogP contribution in [0.1, 0.15) is 43.0 Å². The Morgan fingerprint density at radius 1 is 1.27 bits per heavy atom. The number of piperidine rings is 1. The predicted molar refractivity (Wildman–Crippen MR) is 133 cm³/mol. The van der Waals surface area contributed by atoms with Crippen molar-refractivity contribution in [1.29, 1.82) is 0 Å². The Morgan fingerprint density at radius 3 is 2.57 bits per heavy atom. The van der Waals surface area contributed by atoms with E-state index in [-0.39, 0.29) is 30.0 Å². The lowest BCUT2D eigenvalue weighted by Crippen LogP contribution is -2.49. The van der Waals surface area contributed by atoms with E-state index in [0.717, 1.165) is 50.1 Å². The molecule has 8 heteroatoms. The third kappa shape index (κ3) is 6.80. The van der Waals surface area contributed by atoms with Crippen LogP contribution in [0.25, 0.3) is 0 Å². The molecule has 1 saturated heterocycles. The minimum absolute atomic E-state index is 0. The fourth-order valence-electron chi connectivity index (χ4n) is 3.54. The number of halogens is 1. The molecule has 3 rings (SSSR count). The van der Waals surface area contributed by atoms with Crippen molar-refractivity contribution >= 4 is 29.9 Å². The molecule has 1 aromatic carbocycles. The van der Waals surface area contributed by atoms with Gasteiger partial charge >= 0.3 is 0 Å². The van der Waals surface area contributed by atoms with Gasteiger partial charge in [0, 0.05) is 32.7 Å². The maximum absolute atomic E-state index is 4.82. The van der Waals surface area contributed by atoms with Gasteiger partial charge in [0.1, 0.15) is 12.4 Å². The molecule has 7 nitrogen and oxygen atoms in total. The summed E-state index contributed by atoms with van der Waals surface area (Å²) in [5, 5.41) is 15.6. The van der Waals surface area contributed by atoms with Gasteiger partial charge < -0.3 is 15.2 Å². The minimum Gasteiger partial charge on any atom is -0.354 e. The van der Waals surface area contributed by atoms with Crippen molar-refractivity contribution in [3.05, 3.63) is 60.2 Å². The van der Waals surface area contributed by atoms with E-state index in [1.807, 2.05) is 30.7 Å². The summed E-state index contributed by atoms with van der Waals surface area (Å²) in [5.41, 5.74) is 1.23. The van der Waals surface area contributed by atoms with Crippen LogP contribution < -0.4 is 10.6 Å². The Hall–Kier alpha value is -1.94. The maximum atomic E-state index is 4.82. The second-order valence-electron chi connectivity index (χ2n) is 7.67. The van der Waals surface area contributed by atoms with Crippen LogP contribution in [0, 0.1) is 6.92 Å². The molecule has 0 saturated carbocycles. The third-order valence-electron chi connectivity index (χ3n) is 5.53. The molecule has 2 aromatic rings. The molecule has 2 N–H and O–H groups in total. The lowest BCUT2D eigenvalue weighted by molar-refractivity contribution is 0.225. The molecule has 1 aliphatic heterocycles. The fraction of sp³-hybridized carbons (Fsp3) is 0.500. The minimum atomic E-state index is 0. The molecule has 2 heterocycles. The zero-order valence-electron chi connectivity index (χ0n) is 18.2. The van der Waals surface area contributed by atoms with E-state index in [9.17, 15) is 0 Å². The molecule has 1 fully saturated rings. The largest absolute Gasteiger partial charge is 0.354 e. The molecular weight excluding hydrogens is 489 g/mol. The molecule has 1 aliphatic rings. The number of nitrogens with one attached hydrogen (secondary N) is 2. The number of rotatable bonds is 7. The number of hydrogen-bond acceptors (Lipinski definition) is 4. The topological polar surface area (TPSA) is 70.4 Å². The predicted octanol–water partition coefficient (Wildman–Crippen LogP) is 3.19. The van der Waals surface area contributed by atoms with Crippen LogP contribution in [-0.4, -0.2) is 51.3 Å². The Bertz CT molecular complexity index is 810. The maximum Gasteiger partial charge on any atom is 0.192 e. The van der Waals surface area contributed by atoms with Crippen molar-refractivity contribution < 1.29 is 0 Å². The smallest absolute Gasteiger partial charge is 0.192 e. The van der Waals surface area contributed by atoms with Crippen molar-refractivity contribution in [2.45, 2.75) is 45.3 Å². The fourth-order valence-corrected chi connectivity index (χ4v) is 3.54. The van der Waals surface area contributed by atoms with Crippen molar-refractivity contribution in [3.63, 3.8) is 0 Å². The molecule has 1 atom stereocenters. The number of benzene rings is 1. The van der Waals surface area contributed by atoms with Crippen LogP contribution in [-0.2, 0) is 13.6 Å². The number of aliphatic imine (C=N–C) groups is 1. The SMILES string of the molecule is C=CCN1CCC(NC(=NCc2nnc(C)n2C)NC(C)c2ccccc2)CC1.I. The lowest BCUT2D eigenvalue weighted by atomic mass is 10.1. The van der Waals surface area contributed by atoms with Crippen LogP contribution in [0.5, 0.6) is 0 Å². The molecule has 0 spiro atoms. The first-order valence-corrected chi connectivity index (χ1v) is 10.4. The number of guanidine groups is 1. The van der Waals surface area contributed by atoms with Crippen LogP contribution in [0.3, 0.4) is 0 Å². The third-order valence-corrected chi connectivity index (χ3v) is 5.53. The highest BCUT2D eigenvalue weighted by molar-refractivity contribution is 14.0.